The second kappa shape index (κ2) is 3.85. The Morgan fingerprint density at radius 3 is 2.94 bits per heavy atom. The van der Waals surface area contributed by atoms with Gasteiger partial charge in [-0.1, -0.05) is 12.1 Å². The van der Waals surface area contributed by atoms with Crippen LogP contribution in [0, 0.1) is 0 Å². The monoisotopic (exact) mass is 243 g/mol. The van der Waals surface area contributed by atoms with Crippen LogP contribution in [-0.4, -0.2) is 16.6 Å². The fourth-order valence-electron chi connectivity index (χ4n) is 2.03. The van der Waals surface area contributed by atoms with E-state index in [9.17, 15) is 0 Å². The molecule has 92 valence electrons. The summed E-state index contributed by atoms with van der Waals surface area (Å²) in [5.74, 6) is 0.0742. The van der Waals surface area contributed by atoms with Crippen LogP contribution in [0.15, 0.2) is 46.3 Å². The molecule has 2 heterocycles. The van der Waals surface area contributed by atoms with Crippen LogP contribution in [0.5, 0.6) is 0 Å². The first kappa shape index (κ1) is 10.8. The van der Waals surface area contributed by atoms with E-state index in [1.54, 1.807) is 6.20 Å². The normalized spacial score (nSPS) is 21.9. The number of aromatic nitrogens is 1. The van der Waals surface area contributed by atoms with Crippen molar-refractivity contribution in [2.24, 2.45) is 16.5 Å². The molecule has 1 aromatic carbocycles. The van der Waals surface area contributed by atoms with Crippen LogP contribution < -0.4 is 16.8 Å². The number of hydrogen-bond donors (Lipinski definition) is 3. The molecule has 0 fully saturated rings. The first-order chi connectivity index (χ1) is 8.66. The average Bonchev–Trinajstić information content (AvgIpc) is 2.81. The third-order valence-corrected chi connectivity index (χ3v) is 2.80. The summed E-state index contributed by atoms with van der Waals surface area (Å²) in [5, 5.41) is 3.16. The maximum atomic E-state index is 6.19. The van der Waals surface area contributed by atoms with E-state index in [-0.39, 0.29) is 0 Å². The summed E-state index contributed by atoms with van der Waals surface area (Å²) in [5.41, 5.74) is 13.8. The molecule has 1 aliphatic rings. The van der Waals surface area contributed by atoms with Crippen LogP contribution in [0.4, 0.5) is 5.69 Å². The minimum Gasteiger partial charge on any atom is -0.448 e. The van der Waals surface area contributed by atoms with E-state index >= 15 is 0 Å². The van der Waals surface area contributed by atoms with Crippen molar-refractivity contribution < 1.29 is 4.42 Å². The van der Waals surface area contributed by atoms with Crippen molar-refractivity contribution in [3.05, 3.63) is 48.2 Å². The molecule has 5 N–H and O–H groups in total. The average molecular weight is 243 g/mol. The zero-order chi connectivity index (χ0) is 12.6. The minimum atomic E-state index is -1.00. The van der Waals surface area contributed by atoms with Crippen molar-refractivity contribution in [1.82, 2.24) is 4.98 Å². The van der Waals surface area contributed by atoms with E-state index < -0.39 is 5.79 Å². The summed E-state index contributed by atoms with van der Waals surface area (Å²) in [6.45, 7) is 0. The molecule has 6 nitrogen and oxygen atoms in total. The SMILES string of the molecule is NC1=NC(N)(Cc2cnco2)Nc2ccccc21. The highest BCUT2D eigenvalue weighted by Crippen LogP contribution is 2.25. The molecule has 0 bridgehead atoms. The predicted octanol–water partition coefficient (Wildman–Crippen LogP) is 0.661. The molecule has 0 spiro atoms. The predicted molar refractivity (Wildman–Crippen MR) is 67.9 cm³/mol. The molecule has 2 aromatic rings. The van der Waals surface area contributed by atoms with E-state index in [0.717, 1.165) is 11.3 Å². The van der Waals surface area contributed by atoms with Crippen LogP contribution in [0.25, 0.3) is 0 Å². The number of amidine groups is 1. The van der Waals surface area contributed by atoms with Gasteiger partial charge in [0.25, 0.3) is 0 Å². The molecule has 0 radical (unpaired) electrons. The number of benzene rings is 1. The van der Waals surface area contributed by atoms with Crippen molar-refractivity contribution in [3.63, 3.8) is 0 Å². The van der Waals surface area contributed by atoms with Gasteiger partial charge in [0.1, 0.15) is 11.6 Å². The lowest BCUT2D eigenvalue weighted by molar-refractivity contribution is 0.423. The summed E-state index contributed by atoms with van der Waals surface area (Å²) < 4.78 is 5.18. The second-order valence-electron chi connectivity index (χ2n) is 4.24. The smallest absolute Gasteiger partial charge is 0.191 e. The number of anilines is 1. The standard InChI is InChI=1S/C12H13N5O/c13-11-9-3-1-2-4-10(9)16-12(14,17-11)5-8-6-15-7-18-8/h1-4,6-7,16H,5,14H2,(H2,13,17). The lowest BCUT2D eigenvalue weighted by Crippen LogP contribution is -2.51. The van der Waals surface area contributed by atoms with Crippen molar-refractivity contribution in [3.8, 4) is 0 Å². The van der Waals surface area contributed by atoms with E-state index in [2.05, 4.69) is 15.3 Å². The van der Waals surface area contributed by atoms with Gasteiger partial charge in [-0.3, -0.25) is 5.73 Å². The number of para-hydroxylation sites is 1. The Labute approximate surface area is 104 Å². The molecule has 3 rings (SSSR count). The molecule has 0 saturated heterocycles. The Bertz CT molecular complexity index is 592. The highest BCUT2D eigenvalue weighted by Gasteiger charge is 2.31. The molecule has 0 saturated carbocycles. The van der Waals surface area contributed by atoms with Crippen molar-refractivity contribution in [2.75, 3.05) is 5.32 Å². The maximum Gasteiger partial charge on any atom is 0.191 e. The van der Waals surface area contributed by atoms with E-state index in [1.807, 2.05) is 24.3 Å². The highest BCUT2D eigenvalue weighted by atomic mass is 16.3. The van der Waals surface area contributed by atoms with E-state index in [0.29, 0.717) is 18.0 Å². The van der Waals surface area contributed by atoms with Gasteiger partial charge in [0, 0.05) is 11.3 Å². The Balaban J connectivity index is 1.95. The van der Waals surface area contributed by atoms with Gasteiger partial charge >= 0.3 is 0 Å². The van der Waals surface area contributed by atoms with Gasteiger partial charge in [-0.05, 0) is 12.1 Å². The highest BCUT2D eigenvalue weighted by molar-refractivity contribution is 6.04. The van der Waals surface area contributed by atoms with E-state index in [4.69, 9.17) is 15.9 Å². The number of nitrogens with zero attached hydrogens (tertiary/aromatic N) is 2. The molecule has 0 aliphatic carbocycles. The van der Waals surface area contributed by atoms with Gasteiger partial charge < -0.3 is 15.5 Å². The Kier molecular flexibility index (Phi) is 2.31. The fraction of sp³-hybridized carbons (Fsp3) is 0.167. The molecular weight excluding hydrogens is 230 g/mol. The summed E-state index contributed by atoms with van der Waals surface area (Å²) >= 11 is 0. The van der Waals surface area contributed by atoms with Crippen molar-refractivity contribution >= 4 is 11.5 Å². The summed E-state index contributed by atoms with van der Waals surface area (Å²) in [6, 6.07) is 7.64. The topological polar surface area (TPSA) is 102 Å². The molecule has 1 aromatic heterocycles. The molecular formula is C12H13N5O. The lowest BCUT2D eigenvalue weighted by Gasteiger charge is -2.32. The number of aliphatic imine (C=N–C) groups is 1. The van der Waals surface area contributed by atoms with Gasteiger partial charge in [0.2, 0.25) is 0 Å². The van der Waals surface area contributed by atoms with Crippen LogP contribution in [0.3, 0.4) is 0 Å². The fourth-order valence-corrected chi connectivity index (χ4v) is 2.03. The lowest BCUT2D eigenvalue weighted by atomic mass is 10.1. The van der Waals surface area contributed by atoms with Gasteiger partial charge in [0.05, 0.1) is 12.6 Å². The number of nitrogens with two attached hydrogens (primary N) is 2. The van der Waals surface area contributed by atoms with Crippen LogP contribution >= 0.6 is 0 Å². The van der Waals surface area contributed by atoms with Crippen LogP contribution in [-0.2, 0) is 6.42 Å². The van der Waals surface area contributed by atoms with Crippen molar-refractivity contribution in [2.45, 2.75) is 12.2 Å². The molecule has 1 atom stereocenters. The number of rotatable bonds is 2. The van der Waals surface area contributed by atoms with Gasteiger partial charge in [-0.15, -0.1) is 0 Å². The molecule has 1 unspecified atom stereocenters. The Morgan fingerprint density at radius 1 is 1.33 bits per heavy atom. The zero-order valence-corrected chi connectivity index (χ0v) is 9.63. The van der Waals surface area contributed by atoms with Crippen LogP contribution in [0.2, 0.25) is 0 Å². The summed E-state index contributed by atoms with van der Waals surface area (Å²) in [7, 11) is 0. The quantitative estimate of drug-likeness (QED) is 0.719. The number of oxazole rings is 1. The molecule has 0 amide bonds. The Hall–Kier alpha value is -2.34. The first-order valence-electron chi connectivity index (χ1n) is 5.55. The summed E-state index contributed by atoms with van der Waals surface area (Å²) in [6.07, 6.45) is 3.35. The van der Waals surface area contributed by atoms with Crippen molar-refractivity contribution in [1.29, 1.82) is 0 Å². The third-order valence-electron chi connectivity index (χ3n) is 2.80. The van der Waals surface area contributed by atoms with E-state index in [1.165, 1.54) is 6.39 Å². The Morgan fingerprint density at radius 2 is 2.17 bits per heavy atom. The number of fused-ring (bicyclic) bond motifs is 1. The van der Waals surface area contributed by atoms with Gasteiger partial charge in [0.15, 0.2) is 12.2 Å². The molecule has 1 aliphatic heterocycles. The van der Waals surface area contributed by atoms with Crippen LogP contribution in [0.1, 0.15) is 11.3 Å². The summed E-state index contributed by atoms with van der Waals surface area (Å²) in [4.78, 5) is 8.16. The molecule has 6 heteroatoms. The second-order valence-corrected chi connectivity index (χ2v) is 4.24. The number of hydrogen-bond acceptors (Lipinski definition) is 6. The zero-order valence-electron chi connectivity index (χ0n) is 9.63. The maximum absolute atomic E-state index is 6.19. The largest absolute Gasteiger partial charge is 0.448 e. The van der Waals surface area contributed by atoms with Gasteiger partial charge in [-0.25, -0.2) is 9.98 Å². The number of nitrogens with one attached hydrogen (secondary N) is 1. The first-order valence-corrected chi connectivity index (χ1v) is 5.55. The van der Waals surface area contributed by atoms with Gasteiger partial charge in [-0.2, -0.15) is 0 Å². The minimum absolute atomic E-state index is 0.377. The third kappa shape index (κ3) is 1.82. The molecule has 18 heavy (non-hydrogen) atoms.